The number of hydrogen-bond acceptors (Lipinski definition) is 2. The minimum atomic E-state index is -4.02. The van der Waals surface area contributed by atoms with Crippen molar-refractivity contribution >= 4 is 10.1 Å². The summed E-state index contributed by atoms with van der Waals surface area (Å²) in [7, 11) is -4.02. The molecule has 0 unspecified atom stereocenters. The first-order valence-electron chi connectivity index (χ1n) is 3.04. The molecule has 1 rings (SSSR count). The van der Waals surface area contributed by atoms with Crippen molar-refractivity contribution in [3.05, 3.63) is 29.8 Å². The van der Waals surface area contributed by atoms with Gasteiger partial charge in [0, 0.05) is 0 Å². The maximum absolute atomic E-state index is 10.5. The van der Waals surface area contributed by atoms with E-state index in [4.69, 9.17) is 4.55 Å². The summed E-state index contributed by atoms with van der Waals surface area (Å²) >= 11 is 0. The Bertz CT molecular complexity index is 347. The predicted molar refractivity (Wildman–Crippen MR) is 42.1 cm³/mol. The van der Waals surface area contributed by atoms with E-state index in [2.05, 4.69) is 0 Å². The minimum Gasteiger partial charge on any atom is -1.00 e. The summed E-state index contributed by atoms with van der Waals surface area (Å²) in [5, 5.41) is 0. The van der Waals surface area contributed by atoms with Crippen LogP contribution in [-0.2, 0) is 10.1 Å². The molecular formula is C7H9LiO3S. The largest absolute Gasteiger partial charge is 1.00 e. The van der Waals surface area contributed by atoms with Gasteiger partial charge in [0.1, 0.15) is 0 Å². The Morgan fingerprint density at radius 1 is 1.25 bits per heavy atom. The van der Waals surface area contributed by atoms with Crippen molar-refractivity contribution in [1.29, 1.82) is 0 Å². The molecule has 0 saturated carbocycles. The van der Waals surface area contributed by atoms with Gasteiger partial charge in [0.15, 0.2) is 0 Å². The summed E-state index contributed by atoms with van der Waals surface area (Å²) in [5.74, 6) is 0. The van der Waals surface area contributed by atoms with Gasteiger partial charge in [-0.3, -0.25) is 4.55 Å². The fourth-order valence-electron chi connectivity index (χ4n) is 0.710. The van der Waals surface area contributed by atoms with Crippen molar-refractivity contribution in [1.82, 2.24) is 0 Å². The van der Waals surface area contributed by atoms with Crippen LogP contribution < -0.4 is 18.9 Å². The monoisotopic (exact) mass is 180 g/mol. The molecule has 1 N–H and O–H groups in total. The maximum atomic E-state index is 10.5. The SMILES string of the molecule is Cc1ccc(S(=O)(=O)O)cc1.[H-].[Li+]. The van der Waals surface area contributed by atoms with Crippen LogP contribution in [0.4, 0.5) is 0 Å². The van der Waals surface area contributed by atoms with Gasteiger partial charge in [-0.05, 0) is 19.1 Å². The minimum absolute atomic E-state index is 0. The summed E-state index contributed by atoms with van der Waals surface area (Å²) in [4.78, 5) is -0.0666. The molecule has 5 heteroatoms. The van der Waals surface area contributed by atoms with Crippen LogP contribution in [0.2, 0.25) is 0 Å². The molecule has 0 spiro atoms. The van der Waals surface area contributed by atoms with Crippen molar-refractivity contribution in [2.75, 3.05) is 0 Å². The molecule has 1 aromatic carbocycles. The van der Waals surface area contributed by atoms with E-state index in [1.165, 1.54) is 12.1 Å². The van der Waals surface area contributed by atoms with E-state index in [0.29, 0.717) is 0 Å². The third-order valence-electron chi connectivity index (χ3n) is 1.32. The van der Waals surface area contributed by atoms with Gasteiger partial charge in [-0.15, -0.1) is 0 Å². The molecule has 0 aliphatic carbocycles. The molecule has 0 aliphatic rings. The summed E-state index contributed by atoms with van der Waals surface area (Å²) in [6.45, 7) is 1.84. The standard InChI is InChI=1S/C7H8O3S.Li.H/c1-6-2-4-7(5-3-6)11(8,9)10;;/h2-5H,1H3,(H,8,9,10);;/q;+1;-1. The fourth-order valence-corrected chi connectivity index (χ4v) is 1.19. The Kier molecular flexibility index (Phi) is 4.01. The van der Waals surface area contributed by atoms with E-state index < -0.39 is 10.1 Å². The van der Waals surface area contributed by atoms with Gasteiger partial charge in [-0.1, -0.05) is 17.7 Å². The molecule has 12 heavy (non-hydrogen) atoms. The third kappa shape index (κ3) is 3.00. The van der Waals surface area contributed by atoms with Gasteiger partial charge in [-0.25, -0.2) is 0 Å². The van der Waals surface area contributed by atoms with Crippen LogP contribution in [0.1, 0.15) is 6.99 Å². The quantitative estimate of drug-likeness (QED) is 0.416. The van der Waals surface area contributed by atoms with Gasteiger partial charge in [-0.2, -0.15) is 8.42 Å². The Balaban J connectivity index is 0. The van der Waals surface area contributed by atoms with Gasteiger partial charge < -0.3 is 1.43 Å². The molecule has 0 bridgehead atoms. The summed E-state index contributed by atoms with van der Waals surface area (Å²) in [5.41, 5.74) is 0.956. The Morgan fingerprint density at radius 3 is 2.00 bits per heavy atom. The van der Waals surface area contributed by atoms with Crippen molar-refractivity contribution in [3.63, 3.8) is 0 Å². The van der Waals surface area contributed by atoms with Gasteiger partial charge >= 0.3 is 18.9 Å². The molecule has 0 amide bonds. The second-order valence-corrected chi connectivity index (χ2v) is 3.71. The van der Waals surface area contributed by atoms with Gasteiger partial charge in [0.2, 0.25) is 0 Å². The van der Waals surface area contributed by atoms with E-state index >= 15 is 0 Å². The van der Waals surface area contributed by atoms with E-state index in [9.17, 15) is 8.42 Å². The normalized spacial score (nSPS) is 10.5. The maximum Gasteiger partial charge on any atom is 1.00 e. The molecule has 0 radical (unpaired) electrons. The molecule has 62 valence electrons. The molecule has 0 fully saturated rings. The number of hydrogen-bond donors (Lipinski definition) is 1. The molecule has 3 nitrogen and oxygen atoms in total. The Hall–Kier alpha value is -0.273. The first-order valence-corrected chi connectivity index (χ1v) is 4.48. The number of rotatable bonds is 1. The molecule has 1 aromatic rings. The molecule has 0 heterocycles. The van der Waals surface area contributed by atoms with Crippen molar-refractivity contribution < 1.29 is 33.3 Å². The second kappa shape index (κ2) is 4.10. The van der Waals surface area contributed by atoms with E-state index in [-0.39, 0.29) is 25.2 Å². The average molecular weight is 180 g/mol. The smallest absolute Gasteiger partial charge is 1.00 e. The van der Waals surface area contributed by atoms with Crippen LogP contribution in [-0.4, -0.2) is 13.0 Å². The molecule has 0 saturated heterocycles. The number of aryl methyl sites for hydroxylation is 1. The molecule has 0 aromatic heterocycles. The van der Waals surface area contributed by atoms with Crippen molar-refractivity contribution in [3.8, 4) is 0 Å². The van der Waals surface area contributed by atoms with Crippen LogP contribution >= 0.6 is 0 Å². The topological polar surface area (TPSA) is 54.4 Å². The van der Waals surface area contributed by atoms with E-state index in [1.54, 1.807) is 12.1 Å². The van der Waals surface area contributed by atoms with E-state index in [0.717, 1.165) is 5.56 Å². The summed E-state index contributed by atoms with van der Waals surface area (Å²) in [6, 6.07) is 5.99. The molecular weight excluding hydrogens is 171 g/mol. The van der Waals surface area contributed by atoms with E-state index in [1.807, 2.05) is 6.92 Å². The Morgan fingerprint density at radius 2 is 1.67 bits per heavy atom. The van der Waals surface area contributed by atoms with Gasteiger partial charge in [0.05, 0.1) is 4.90 Å². The van der Waals surface area contributed by atoms with Crippen LogP contribution in [0.25, 0.3) is 0 Å². The zero-order chi connectivity index (χ0) is 8.48. The first kappa shape index (κ1) is 11.7. The average Bonchev–Trinajstić information content (AvgIpc) is 1.86. The third-order valence-corrected chi connectivity index (χ3v) is 2.19. The van der Waals surface area contributed by atoms with Crippen molar-refractivity contribution in [2.24, 2.45) is 0 Å². The second-order valence-electron chi connectivity index (χ2n) is 2.29. The first-order chi connectivity index (χ1) is 5.00. The fraction of sp³-hybridized carbons (Fsp3) is 0.143. The zero-order valence-corrected chi connectivity index (χ0v) is 7.80. The van der Waals surface area contributed by atoms with Crippen LogP contribution in [0, 0.1) is 6.92 Å². The number of benzene rings is 1. The summed E-state index contributed by atoms with van der Waals surface area (Å²) < 4.78 is 29.6. The summed E-state index contributed by atoms with van der Waals surface area (Å²) in [6.07, 6.45) is 0. The Labute approximate surface area is 85.2 Å². The van der Waals surface area contributed by atoms with Gasteiger partial charge in [0.25, 0.3) is 10.1 Å². The molecule has 0 atom stereocenters. The van der Waals surface area contributed by atoms with Crippen LogP contribution in [0.3, 0.4) is 0 Å². The van der Waals surface area contributed by atoms with Crippen LogP contribution in [0.5, 0.6) is 0 Å². The van der Waals surface area contributed by atoms with Crippen molar-refractivity contribution in [2.45, 2.75) is 11.8 Å². The van der Waals surface area contributed by atoms with Crippen LogP contribution in [0.15, 0.2) is 29.2 Å². The zero-order valence-electron chi connectivity index (χ0n) is 7.98. The predicted octanol–water partition coefficient (Wildman–Crippen LogP) is -1.64. The molecule has 0 aliphatic heterocycles.